The Bertz CT molecular complexity index is 101. The molecule has 1 fully saturated rings. The van der Waals surface area contributed by atoms with Crippen molar-refractivity contribution >= 4 is 6.29 Å². The van der Waals surface area contributed by atoms with Crippen molar-refractivity contribution in [2.45, 2.75) is 38.4 Å². The van der Waals surface area contributed by atoms with Crippen molar-refractivity contribution in [3.63, 3.8) is 0 Å². The van der Waals surface area contributed by atoms with Crippen LogP contribution in [0.5, 0.6) is 0 Å². The van der Waals surface area contributed by atoms with E-state index in [0.29, 0.717) is 0 Å². The van der Waals surface area contributed by atoms with Crippen LogP contribution in [0.4, 0.5) is 0 Å². The van der Waals surface area contributed by atoms with E-state index in [1.807, 2.05) is 6.92 Å². The molecule has 2 atom stereocenters. The van der Waals surface area contributed by atoms with Crippen LogP contribution in [0.25, 0.3) is 0 Å². The maximum absolute atomic E-state index is 10.2. The summed E-state index contributed by atoms with van der Waals surface area (Å²) in [5.41, 5.74) is 0. The van der Waals surface area contributed by atoms with Crippen molar-refractivity contribution in [1.29, 1.82) is 0 Å². The van der Waals surface area contributed by atoms with E-state index in [1.54, 1.807) is 0 Å². The van der Waals surface area contributed by atoms with E-state index in [1.165, 1.54) is 0 Å². The second kappa shape index (κ2) is 2.97. The van der Waals surface area contributed by atoms with Crippen LogP contribution in [0.1, 0.15) is 26.2 Å². The van der Waals surface area contributed by atoms with Gasteiger partial charge in [-0.15, -0.1) is 0 Å². The van der Waals surface area contributed by atoms with Gasteiger partial charge in [-0.3, -0.25) is 0 Å². The van der Waals surface area contributed by atoms with Crippen LogP contribution in [0.3, 0.4) is 0 Å². The van der Waals surface area contributed by atoms with Gasteiger partial charge >= 0.3 is 0 Å². The summed E-state index contributed by atoms with van der Waals surface area (Å²) in [4.78, 5) is 10.2. The van der Waals surface area contributed by atoms with Gasteiger partial charge in [-0.25, -0.2) is 0 Å². The van der Waals surface area contributed by atoms with Gasteiger partial charge in [0.2, 0.25) is 0 Å². The predicted molar refractivity (Wildman–Crippen MR) is 34.2 cm³/mol. The first-order valence-corrected chi connectivity index (χ1v) is 3.43. The molecule has 0 N–H and O–H groups in total. The summed E-state index contributed by atoms with van der Waals surface area (Å²) >= 11 is 0. The first kappa shape index (κ1) is 6.75. The first-order chi connectivity index (χ1) is 4.33. The van der Waals surface area contributed by atoms with Crippen molar-refractivity contribution in [3.05, 3.63) is 0 Å². The highest BCUT2D eigenvalue weighted by molar-refractivity contribution is 5.56. The van der Waals surface area contributed by atoms with E-state index in [-0.39, 0.29) is 12.2 Å². The van der Waals surface area contributed by atoms with E-state index in [2.05, 4.69) is 0 Å². The zero-order chi connectivity index (χ0) is 6.69. The molecule has 0 aromatic rings. The minimum atomic E-state index is -0.117. The number of ether oxygens (including phenoxy) is 1. The number of rotatable bonds is 1. The third-order valence-corrected chi connectivity index (χ3v) is 1.66. The smallest absolute Gasteiger partial charge is 0.148 e. The first-order valence-electron chi connectivity index (χ1n) is 3.43. The SMILES string of the molecule is CC1CCCC(C=O)O1. The summed E-state index contributed by atoms with van der Waals surface area (Å²) in [7, 11) is 0. The fourth-order valence-electron chi connectivity index (χ4n) is 1.14. The Morgan fingerprint density at radius 1 is 1.56 bits per heavy atom. The Labute approximate surface area is 55.2 Å². The molecule has 0 aliphatic carbocycles. The van der Waals surface area contributed by atoms with Crippen LogP contribution in [0.2, 0.25) is 0 Å². The van der Waals surface area contributed by atoms with Gasteiger partial charge < -0.3 is 9.53 Å². The summed E-state index contributed by atoms with van der Waals surface area (Å²) in [6.07, 6.45) is 4.21. The molecule has 9 heavy (non-hydrogen) atoms. The minimum Gasteiger partial charge on any atom is -0.368 e. The van der Waals surface area contributed by atoms with E-state index >= 15 is 0 Å². The lowest BCUT2D eigenvalue weighted by Gasteiger charge is -2.23. The van der Waals surface area contributed by atoms with Crippen LogP contribution in [0, 0.1) is 0 Å². The van der Waals surface area contributed by atoms with Gasteiger partial charge in [-0.1, -0.05) is 0 Å². The average Bonchev–Trinajstić information content (AvgIpc) is 1.88. The molecular formula is C7H12O2. The highest BCUT2D eigenvalue weighted by Gasteiger charge is 2.17. The fraction of sp³-hybridized carbons (Fsp3) is 0.857. The molecule has 52 valence electrons. The quantitative estimate of drug-likeness (QED) is 0.495. The van der Waals surface area contributed by atoms with E-state index in [9.17, 15) is 4.79 Å². The monoisotopic (exact) mass is 128 g/mol. The molecule has 0 saturated carbocycles. The lowest BCUT2D eigenvalue weighted by molar-refractivity contribution is -0.125. The maximum atomic E-state index is 10.2. The molecule has 0 radical (unpaired) electrons. The zero-order valence-corrected chi connectivity index (χ0v) is 5.67. The van der Waals surface area contributed by atoms with Crippen molar-refractivity contribution in [1.82, 2.24) is 0 Å². The third kappa shape index (κ3) is 1.79. The maximum Gasteiger partial charge on any atom is 0.148 e. The normalized spacial score (nSPS) is 36.1. The molecule has 0 aromatic heterocycles. The lowest BCUT2D eigenvalue weighted by atomic mass is 10.1. The molecular weight excluding hydrogens is 116 g/mol. The minimum absolute atomic E-state index is 0.117. The van der Waals surface area contributed by atoms with Gasteiger partial charge in [0.05, 0.1) is 6.10 Å². The molecule has 0 bridgehead atoms. The highest BCUT2D eigenvalue weighted by atomic mass is 16.5. The van der Waals surface area contributed by atoms with Crippen LogP contribution >= 0.6 is 0 Å². The predicted octanol–water partition coefficient (Wildman–Crippen LogP) is 1.14. The Morgan fingerprint density at radius 3 is 2.78 bits per heavy atom. The van der Waals surface area contributed by atoms with Crippen LogP contribution in [-0.2, 0) is 9.53 Å². The number of carbonyl (C=O) groups is 1. The third-order valence-electron chi connectivity index (χ3n) is 1.66. The highest BCUT2D eigenvalue weighted by Crippen LogP contribution is 2.16. The topological polar surface area (TPSA) is 26.3 Å². The summed E-state index contributed by atoms with van der Waals surface area (Å²) in [5.74, 6) is 0. The van der Waals surface area contributed by atoms with Gasteiger partial charge in [-0.05, 0) is 26.2 Å². The summed E-state index contributed by atoms with van der Waals surface area (Å²) in [6.45, 7) is 2.01. The van der Waals surface area contributed by atoms with E-state index < -0.39 is 0 Å². The Balaban J connectivity index is 2.31. The number of hydrogen-bond donors (Lipinski definition) is 0. The number of hydrogen-bond acceptors (Lipinski definition) is 2. The molecule has 2 nitrogen and oxygen atoms in total. The molecule has 0 spiro atoms. The van der Waals surface area contributed by atoms with Crippen LogP contribution < -0.4 is 0 Å². The van der Waals surface area contributed by atoms with Crippen molar-refractivity contribution in [2.24, 2.45) is 0 Å². The Hall–Kier alpha value is -0.370. The van der Waals surface area contributed by atoms with Gasteiger partial charge in [-0.2, -0.15) is 0 Å². The van der Waals surface area contributed by atoms with E-state index in [4.69, 9.17) is 4.74 Å². The van der Waals surface area contributed by atoms with Crippen LogP contribution in [0.15, 0.2) is 0 Å². The molecule has 1 aliphatic heterocycles. The van der Waals surface area contributed by atoms with Crippen LogP contribution in [-0.4, -0.2) is 18.5 Å². The number of aldehydes is 1. The Kier molecular flexibility index (Phi) is 2.22. The second-order valence-electron chi connectivity index (χ2n) is 2.55. The van der Waals surface area contributed by atoms with Crippen molar-refractivity contribution < 1.29 is 9.53 Å². The lowest BCUT2D eigenvalue weighted by Crippen LogP contribution is -2.26. The molecule has 1 heterocycles. The largest absolute Gasteiger partial charge is 0.368 e. The summed E-state index contributed by atoms with van der Waals surface area (Å²) in [5, 5.41) is 0. The molecule has 1 rings (SSSR count). The molecule has 2 unspecified atom stereocenters. The zero-order valence-electron chi connectivity index (χ0n) is 5.67. The summed E-state index contributed by atoms with van der Waals surface area (Å²) in [6, 6.07) is 0. The molecule has 2 heteroatoms. The van der Waals surface area contributed by atoms with Crippen molar-refractivity contribution in [3.8, 4) is 0 Å². The molecule has 1 aliphatic rings. The molecule has 0 amide bonds. The van der Waals surface area contributed by atoms with Gasteiger partial charge in [0.25, 0.3) is 0 Å². The summed E-state index contributed by atoms with van der Waals surface area (Å²) < 4.78 is 5.27. The number of carbonyl (C=O) groups excluding carboxylic acids is 1. The Morgan fingerprint density at radius 2 is 2.33 bits per heavy atom. The average molecular weight is 128 g/mol. The molecule has 0 aromatic carbocycles. The second-order valence-corrected chi connectivity index (χ2v) is 2.55. The standard InChI is InChI=1S/C7H12O2/c1-6-3-2-4-7(5-8)9-6/h5-7H,2-4H2,1H3. The molecule has 1 saturated heterocycles. The van der Waals surface area contributed by atoms with Gasteiger partial charge in [0, 0.05) is 0 Å². The fourth-order valence-corrected chi connectivity index (χ4v) is 1.14. The van der Waals surface area contributed by atoms with E-state index in [0.717, 1.165) is 25.5 Å². The van der Waals surface area contributed by atoms with Crippen molar-refractivity contribution in [2.75, 3.05) is 0 Å². The van der Waals surface area contributed by atoms with Gasteiger partial charge in [0.15, 0.2) is 0 Å². The van der Waals surface area contributed by atoms with Gasteiger partial charge in [0.1, 0.15) is 12.4 Å².